The summed E-state index contributed by atoms with van der Waals surface area (Å²) in [5, 5.41) is 11.1. The Hall–Kier alpha value is -2.58. The number of carbonyl (C=O) groups is 2. The van der Waals surface area contributed by atoms with E-state index >= 15 is 0 Å². The third-order valence-electron chi connectivity index (χ3n) is 3.95. The molecule has 1 aromatic carbocycles. The third kappa shape index (κ3) is 5.46. The maximum absolute atomic E-state index is 12.3. The van der Waals surface area contributed by atoms with Gasteiger partial charge in [-0.2, -0.15) is 0 Å². The van der Waals surface area contributed by atoms with Gasteiger partial charge in [0.05, 0.1) is 22.8 Å². The molecule has 2 N–H and O–H groups in total. The van der Waals surface area contributed by atoms with Crippen LogP contribution in [0.4, 0.5) is 5.13 Å². The van der Waals surface area contributed by atoms with Gasteiger partial charge in [-0.05, 0) is 5.56 Å². The summed E-state index contributed by atoms with van der Waals surface area (Å²) in [5.41, 5.74) is 3.58. The smallest absolute Gasteiger partial charge is 0.232 e. The second-order valence-corrected chi connectivity index (χ2v) is 8.45. The molecule has 3 rings (SSSR count). The molecule has 3 aromatic rings. The van der Waals surface area contributed by atoms with E-state index in [1.807, 2.05) is 35.0 Å². The van der Waals surface area contributed by atoms with Crippen LogP contribution in [0, 0.1) is 0 Å². The maximum atomic E-state index is 12.3. The number of carbonyl (C=O) groups excluding carboxylic acids is 2. The Morgan fingerprint density at radius 3 is 2.46 bits per heavy atom. The van der Waals surface area contributed by atoms with Crippen molar-refractivity contribution in [3.63, 3.8) is 0 Å². The van der Waals surface area contributed by atoms with Crippen LogP contribution in [0.1, 0.15) is 43.0 Å². The normalized spacial score (nSPS) is 10.9. The first-order valence-electron chi connectivity index (χ1n) is 8.94. The number of hydrogen-bond donors (Lipinski definition) is 2. The van der Waals surface area contributed by atoms with Crippen LogP contribution >= 0.6 is 22.7 Å². The molecule has 0 atom stereocenters. The Labute approximate surface area is 172 Å². The van der Waals surface area contributed by atoms with Gasteiger partial charge >= 0.3 is 0 Å². The summed E-state index contributed by atoms with van der Waals surface area (Å²) in [4.78, 5) is 32.2. The maximum Gasteiger partial charge on any atom is 0.232 e. The summed E-state index contributed by atoms with van der Waals surface area (Å²) in [5.74, 6) is 0.196. The molecule has 2 heterocycles. The Morgan fingerprint density at radius 2 is 1.82 bits per heavy atom. The van der Waals surface area contributed by atoms with Gasteiger partial charge in [0.15, 0.2) is 5.13 Å². The Morgan fingerprint density at radius 1 is 1.07 bits per heavy atom. The second kappa shape index (κ2) is 9.07. The molecule has 2 amide bonds. The molecule has 2 aromatic heterocycles. The van der Waals surface area contributed by atoms with E-state index in [0.29, 0.717) is 17.6 Å². The number of amides is 2. The average molecular weight is 415 g/mol. The van der Waals surface area contributed by atoms with E-state index in [1.165, 1.54) is 18.3 Å². The molecule has 8 heteroatoms. The van der Waals surface area contributed by atoms with Gasteiger partial charge in [0.25, 0.3) is 0 Å². The quantitative estimate of drug-likeness (QED) is 0.607. The first kappa shape index (κ1) is 20.2. The fourth-order valence-corrected chi connectivity index (χ4v) is 4.05. The van der Waals surface area contributed by atoms with Crippen LogP contribution in [0.5, 0.6) is 0 Å². The summed E-state index contributed by atoms with van der Waals surface area (Å²) in [6.07, 6.45) is 0.246. The van der Waals surface area contributed by atoms with E-state index < -0.39 is 0 Å². The van der Waals surface area contributed by atoms with Gasteiger partial charge in [0, 0.05) is 35.7 Å². The van der Waals surface area contributed by atoms with E-state index in [2.05, 4.69) is 34.4 Å². The number of rotatable bonds is 7. The van der Waals surface area contributed by atoms with Crippen LogP contribution < -0.4 is 10.6 Å². The number of hydrogen-bond acceptors (Lipinski definition) is 6. The molecule has 0 aliphatic carbocycles. The lowest BCUT2D eigenvalue weighted by Crippen LogP contribution is -2.18. The summed E-state index contributed by atoms with van der Waals surface area (Å²) in [6.45, 7) is 6.18. The fraction of sp³-hybridized carbons (Fsp3) is 0.300. The van der Waals surface area contributed by atoms with Gasteiger partial charge in [0.2, 0.25) is 11.8 Å². The van der Waals surface area contributed by atoms with Gasteiger partial charge in [-0.3, -0.25) is 9.59 Å². The van der Waals surface area contributed by atoms with Crippen LogP contribution in [0.2, 0.25) is 0 Å². The number of nitrogens with one attached hydrogen (secondary N) is 2. The number of nitrogens with zero attached hydrogens (tertiary/aromatic N) is 2. The molecular weight excluding hydrogens is 392 g/mol. The highest BCUT2D eigenvalue weighted by molar-refractivity contribution is 7.14. The van der Waals surface area contributed by atoms with E-state index in [4.69, 9.17) is 0 Å². The van der Waals surface area contributed by atoms with Crippen LogP contribution in [-0.4, -0.2) is 21.8 Å². The zero-order valence-corrected chi connectivity index (χ0v) is 17.6. The lowest BCUT2D eigenvalue weighted by Gasteiger charge is -2.03. The number of benzene rings is 1. The van der Waals surface area contributed by atoms with Crippen molar-refractivity contribution in [1.29, 1.82) is 0 Å². The van der Waals surface area contributed by atoms with Crippen molar-refractivity contribution in [2.45, 2.75) is 39.7 Å². The van der Waals surface area contributed by atoms with Crippen LogP contribution in [0.3, 0.4) is 0 Å². The minimum atomic E-state index is -0.118. The van der Waals surface area contributed by atoms with Crippen LogP contribution in [0.15, 0.2) is 35.0 Å². The third-order valence-corrected chi connectivity index (χ3v) is 5.90. The number of anilines is 1. The molecule has 28 heavy (non-hydrogen) atoms. The van der Waals surface area contributed by atoms with Gasteiger partial charge < -0.3 is 10.6 Å². The van der Waals surface area contributed by atoms with Gasteiger partial charge in [-0.1, -0.05) is 38.1 Å². The molecule has 146 valence electrons. The molecule has 0 bridgehead atoms. The molecule has 0 aliphatic rings. The zero-order valence-electron chi connectivity index (χ0n) is 16.0. The molecular formula is C20H22N4O2S2. The van der Waals surface area contributed by atoms with Crippen molar-refractivity contribution in [2.75, 3.05) is 5.32 Å². The lowest BCUT2D eigenvalue weighted by atomic mass is 10.1. The van der Waals surface area contributed by atoms with Crippen LogP contribution in [-0.2, 0) is 22.6 Å². The van der Waals surface area contributed by atoms with Crippen molar-refractivity contribution in [2.24, 2.45) is 0 Å². The molecule has 0 fully saturated rings. The van der Waals surface area contributed by atoms with E-state index in [9.17, 15) is 9.59 Å². The standard InChI is InChI=1S/C20H22N4O2S2/c1-12(2)19-22-16(10-27-19)8-18(26)24-20-23-17(11-28-20)15-6-4-14(5-7-15)9-21-13(3)25/h4-7,10-12H,8-9H2,1-3H3,(H,21,25)(H,23,24,26). The first-order valence-corrected chi connectivity index (χ1v) is 10.7. The minimum Gasteiger partial charge on any atom is -0.352 e. The number of thiazole rings is 2. The average Bonchev–Trinajstić information content (AvgIpc) is 3.30. The van der Waals surface area contributed by atoms with Gasteiger partial charge in [-0.15, -0.1) is 22.7 Å². The van der Waals surface area contributed by atoms with E-state index in [0.717, 1.165) is 27.5 Å². The molecule has 6 nitrogen and oxygen atoms in total. The molecule has 0 saturated carbocycles. The van der Waals surface area contributed by atoms with Crippen LogP contribution in [0.25, 0.3) is 11.3 Å². The van der Waals surface area contributed by atoms with Crippen molar-refractivity contribution in [3.8, 4) is 11.3 Å². The predicted octanol–water partition coefficient (Wildman–Crippen LogP) is 4.21. The lowest BCUT2D eigenvalue weighted by molar-refractivity contribution is -0.119. The Bertz CT molecular complexity index is 961. The zero-order chi connectivity index (χ0) is 20.1. The Kier molecular flexibility index (Phi) is 6.53. The van der Waals surface area contributed by atoms with Gasteiger partial charge in [-0.25, -0.2) is 9.97 Å². The summed E-state index contributed by atoms with van der Waals surface area (Å²) < 4.78 is 0. The molecule has 0 saturated heterocycles. The van der Waals surface area contributed by atoms with Crippen molar-refractivity contribution >= 4 is 39.6 Å². The molecule has 0 unspecified atom stereocenters. The monoisotopic (exact) mass is 414 g/mol. The first-order chi connectivity index (χ1) is 13.4. The predicted molar refractivity (Wildman–Crippen MR) is 114 cm³/mol. The molecule has 0 spiro atoms. The highest BCUT2D eigenvalue weighted by atomic mass is 32.1. The minimum absolute atomic E-state index is 0.0537. The van der Waals surface area contributed by atoms with Crippen molar-refractivity contribution < 1.29 is 9.59 Å². The van der Waals surface area contributed by atoms with Gasteiger partial charge in [0.1, 0.15) is 0 Å². The summed E-state index contributed by atoms with van der Waals surface area (Å²) in [6, 6.07) is 7.83. The molecule has 0 aliphatic heterocycles. The fourth-order valence-electron chi connectivity index (χ4n) is 2.48. The SMILES string of the molecule is CC(=O)NCc1ccc(-c2csc(NC(=O)Cc3csc(C(C)C)n3)n2)cc1. The second-order valence-electron chi connectivity index (χ2n) is 6.70. The molecule has 0 radical (unpaired) electrons. The van der Waals surface area contributed by atoms with E-state index in [1.54, 1.807) is 11.3 Å². The highest BCUT2D eigenvalue weighted by Crippen LogP contribution is 2.25. The van der Waals surface area contributed by atoms with E-state index in [-0.39, 0.29) is 18.2 Å². The summed E-state index contributed by atoms with van der Waals surface area (Å²) in [7, 11) is 0. The summed E-state index contributed by atoms with van der Waals surface area (Å²) >= 11 is 2.98. The highest BCUT2D eigenvalue weighted by Gasteiger charge is 2.12. The van der Waals surface area contributed by atoms with Crippen molar-refractivity contribution in [1.82, 2.24) is 15.3 Å². The Balaban J connectivity index is 1.58. The largest absolute Gasteiger partial charge is 0.352 e. The van der Waals surface area contributed by atoms with Crippen molar-refractivity contribution in [3.05, 3.63) is 51.3 Å². The number of aromatic nitrogens is 2. The topological polar surface area (TPSA) is 84.0 Å².